The molecule has 9 nitrogen and oxygen atoms in total. The van der Waals surface area contributed by atoms with Gasteiger partial charge in [-0.15, -0.1) is 10.2 Å². The van der Waals surface area contributed by atoms with Gasteiger partial charge in [0.1, 0.15) is 17.8 Å². The van der Waals surface area contributed by atoms with E-state index >= 15 is 0 Å². The van der Waals surface area contributed by atoms with Crippen molar-refractivity contribution in [3.05, 3.63) is 48.3 Å². The Morgan fingerprint density at radius 3 is 2.56 bits per heavy atom. The van der Waals surface area contributed by atoms with E-state index in [1.807, 2.05) is 34.9 Å². The van der Waals surface area contributed by atoms with Crippen LogP contribution < -0.4 is 10.2 Å². The molecule has 1 aliphatic rings. The summed E-state index contributed by atoms with van der Waals surface area (Å²) in [5, 5.41) is 12.2. The van der Waals surface area contributed by atoms with E-state index in [4.69, 9.17) is 4.98 Å². The zero-order valence-corrected chi connectivity index (χ0v) is 22.2. The number of hydrogen-bond donors (Lipinski definition) is 1. The summed E-state index contributed by atoms with van der Waals surface area (Å²) in [6, 6.07) is 11.4. The van der Waals surface area contributed by atoms with Crippen LogP contribution in [0.15, 0.2) is 42.7 Å². The highest BCUT2D eigenvalue weighted by Gasteiger charge is 2.27. The zero-order chi connectivity index (χ0) is 25.4. The first kappa shape index (κ1) is 24.3. The van der Waals surface area contributed by atoms with E-state index in [0.717, 1.165) is 41.5 Å². The van der Waals surface area contributed by atoms with Crippen LogP contribution in [0.1, 0.15) is 51.0 Å². The molecule has 1 saturated heterocycles. The molecule has 1 aromatic carbocycles. The molecular weight excluding hydrogens is 472 g/mol. The lowest BCUT2D eigenvalue weighted by molar-refractivity contribution is 0.102. The third kappa shape index (κ3) is 4.96. The third-order valence-electron chi connectivity index (χ3n) is 6.49. The van der Waals surface area contributed by atoms with Crippen LogP contribution in [0.4, 0.5) is 10.9 Å². The number of amides is 1. The molecule has 1 aliphatic heterocycles. The number of thiazole rings is 1. The lowest BCUT2D eigenvalue weighted by Crippen LogP contribution is -2.53. The van der Waals surface area contributed by atoms with Gasteiger partial charge in [-0.05, 0) is 65.0 Å². The molecule has 0 saturated carbocycles. The molecular formula is C26H32N8OS. The minimum absolute atomic E-state index is 0.183. The summed E-state index contributed by atoms with van der Waals surface area (Å²) >= 11 is 1.64. The zero-order valence-electron chi connectivity index (χ0n) is 21.4. The van der Waals surface area contributed by atoms with Gasteiger partial charge in [-0.1, -0.05) is 17.4 Å². The Bertz CT molecular complexity index is 1380. The lowest BCUT2D eigenvalue weighted by atomic mass is 10.1. The first-order valence-corrected chi connectivity index (χ1v) is 13.1. The van der Waals surface area contributed by atoms with Gasteiger partial charge in [-0.3, -0.25) is 9.69 Å². The number of aromatic nitrogens is 5. The van der Waals surface area contributed by atoms with E-state index in [1.165, 1.54) is 0 Å². The second-order valence-electron chi connectivity index (χ2n) is 10.3. The summed E-state index contributed by atoms with van der Waals surface area (Å²) in [5.41, 5.74) is 2.33. The predicted octanol–water partition coefficient (Wildman–Crippen LogP) is 4.70. The summed E-state index contributed by atoms with van der Waals surface area (Å²) in [7, 11) is 0. The van der Waals surface area contributed by atoms with Crippen molar-refractivity contribution in [2.24, 2.45) is 0 Å². The molecule has 5 rings (SSSR count). The number of carbonyl (C=O) groups excluding carboxylic acids is 1. The average molecular weight is 505 g/mol. The highest BCUT2D eigenvalue weighted by atomic mass is 32.1. The van der Waals surface area contributed by atoms with Gasteiger partial charge in [0, 0.05) is 43.3 Å². The quantitative estimate of drug-likeness (QED) is 0.421. The van der Waals surface area contributed by atoms with Gasteiger partial charge in [-0.2, -0.15) is 0 Å². The number of fused-ring (bicyclic) bond motifs is 1. The first-order chi connectivity index (χ1) is 17.2. The molecule has 0 atom stereocenters. The maximum absolute atomic E-state index is 13.1. The Morgan fingerprint density at radius 1 is 1.06 bits per heavy atom. The van der Waals surface area contributed by atoms with E-state index in [2.05, 4.69) is 64.9 Å². The Kier molecular flexibility index (Phi) is 6.48. The molecule has 188 valence electrons. The highest BCUT2D eigenvalue weighted by molar-refractivity contribution is 7.22. The number of carbonyl (C=O) groups is 1. The molecule has 4 aromatic rings. The smallest absolute Gasteiger partial charge is 0.256 e. The molecule has 0 bridgehead atoms. The van der Waals surface area contributed by atoms with Crippen LogP contribution in [-0.2, 0) is 0 Å². The maximum Gasteiger partial charge on any atom is 0.256 e. The van der Waals surface area contributed by atoms with Crippen molar-refractivity contribution >= 4 is 38.4 Å². The van der Waals surface area contributed by atoms with Crippen molar-refractivity contribution in [3.8, 4) is 11.5 Å². The van der Waals surface area contributed by atoms with Gasteiger partial charge in [0.25, 0.3) is 5.91 Å². The van der Waals surface area contributed by atoms with Crippen LogP contribution in [-0.4, -0.2) is 67.3 Å². The normalized spacial score (nSPS) is 15.1. The fourth-order valence-electron chi connectivity index (χ4n) is 4.38. The minimum atomic E-state index is -0.208. The van der Waals surface area contributed by atoms with E-state index < -0.39 is 0 Å². The molecule has 4 heterocycles. The molecule has 0 unspecified atom stereocenters. The summed E-state index contributed by atoms with van der Waals surface area (Å²) < 4.78 is 2.95. The number of hydrogen-bond acceptors (Lipinski definition) is 8. The van der Waals surface area contributed by atoms with Crippen molar-refractivity contribution in [2.75, 3.05) is 36.4 Å². The molecule has 1 fully saturated rings. The summed E-state index contributed by atoms with van der Waals surface area (Å²) in [6.45, 7) is 14.9. The van der Waals surface area contributed by atoms with Crippen molar-refractivity contribution < 1.29 is 4.79 Å². The van der Waals surface area contributed by atoms with Gasteiger partial charge in [0.2, 0.25) is 0 Å². The molecule has 1 amide bonds. The molecule has 10 heteroatoms. The van der Waals surface area contributed by atoms with Gasteiger partial charge >= 0.3 is 0 Å². The Morgan fingerprint density at radius 2 is 1.83 bits per heavy atom. The number of nitrogens with zero attached hydrogens (tertiary/aromatic N) is 7. The Balaban J connectivity index is 1.30. The average Bonchev–Trinajstić information content (AvgIpc) is 3.51. The van der Waals surface area contributed by atoms with Crippen LogP contribution in [0, 0.1) is 0 Å². The van der Waals surface area contributed by atoms with Gasteiger partial charge in [0.15, 0.2) is 11.0 Å². The van der Waals surface area contributed by atoms with Crippen LogP contribution >= 0.6 is 11.3 Å². The van der Waals surface area contributed by atoms with Gasteiger partial charge < -0.3 is 14.8 Å². The molecule has 36 heavy (non-hydrogen) atoms. The molecule has 0 radical (unpaired) electrons. The second kappa shape index (κ2) is 9.59. The van der Waals surface area contributed by atoms with Gasteiger partial charge in [0.05, 0.1) is 10.2 Å². The van der Waals surface area contributed by atoms with Crippen LogP contribution in [0.2, 0.25) is 0 Å². The molecule has 1 N–H and O–H groups in total. The highest BCUT2D eigenvalue weighted by Crippen LogP contribution is 2.31. The van der Waals surface area contributed by atoms with Crippen molar-refractivity contribution in [2.45, 2.75) is 46.2 Å². The fraction of sp³-hybridized carbons (Fsp3) is 0.423. The van der Waals surface area contributed by atoms with Crippen LogP contribution in [0.25, 0.3) is 21.7 Å². The summed E-state index contributed by atoms with van der Waals surface area (Å²) in [6.07, 6.45) is 1.69. The van der Waals surface area contributed by atoms with Crippen molar-refractivity contribution in [1.29, 1.82) is 0 Å². The summed E-state index contributed by atoms with van der Waals surface area (Å²) in [5.74, 6) is 0.932. The minimum Gasteiger partial charge on any atom is -0.345 e. The summed E-state index contributed by atoms with van der Waals surface area (Å²) in [4.78, 5) is 27.3. The Labute approximate surface area is 215 Å². The standard InChI is InChI=1S/C26H32N8OS/c1-17(2)34-16-27-31-23(34)20-7-6-8-22(28-20)30-24(35)18-9-10-19-21(15-18)36-25(29-19)32-11-13-33(14-12-32)26(3,4)5/h6-10,15-17H,11-14H2,1-5H3,(H,28,30,35). The van der Waals surface area contributed by atoms with E-state index in [0.29, 0.717) is 22.9 Å². The van der Waals surface area contributed by atoms with Gasteiger partial charge in [-0.25, -0.2) is 9.97 Å². The van der Waals surface area contributed by atoms with Crippen molar-refractivity contribution in [1.82, 2.24) is 29.6 Å². The lowest BCUT2D eigenvalue weighted by Gasteiger charge is -2.42. The fourth-order valence-corrected chi connectivity index (χ4v) is 5.44. The van der Waals surface area contributed by atoms with E-state index in [-0.39, 0.29) is 17.5 Å². The second-order valence-corrected chi connectivity index (χ2v) is 11.4. The predicted molar refractivity (Wildman–Crippen MR) is 145 cm³/mol. The number of nitrogens with one attached hydrogen (secondary N) is 1. The van der Waals surface area contributed by atoms with E-state index in [1.54, 1.807) is 23.7 Å². The number of pyridine rings is 1. The molecule has 3 aromatic heterocycles. The van der Waals surface area contributed by atoms with E-state index in [9.17, 15) is 4.79 Å². The topological polar surface area (TPSA) is 92.1 Å². The monoisotopic (exact) mass is 504 g/mol. The van der Waals surface area contributed by atoms with Crippen LogP contribution in [0.5, 0.6) is 0 Å². The number of benzene rings is 1. The Hall–Kier alpha value is -3.37. The third-order valence-corrected chi connectivity index (χ3v) is 7.57. The SMILES string of the molecule is CC(C)n1cnnc1-c1cccc(NC(=O)c2ccc3nc(N4CCN(C(C)(C)C)CC4)sc3c2)n1. The molecule has 0 aliphatic carbocycles. The van der Waals surface area contributed by atoms with Crippen LogP contribution in [0.3, 0.4) is 0 Å². The first-order valence-electron chi connectivity index (χ1n) is 12.3. The maximum atomic E-state index is 13.1. The van der Waals surface area contributed by atoms with Crippen molar-refractivity contribution in [3.63, 3.8) is 0 Å². The number of anilines is 2. The largest absolute Gasteiger partial charge is 0.345 e. The number of piperazine rings is 1. The molecule has 0 spiro atoms. The number of rotatable bonds is 5.